The summed E-state index contributed by atoms with van der Waals surface area (Å²) in [6, 6.07) is -0.548. The highest BCUT2D eigenvalue weighted by molar-refractivity contribution is 5.76. The van der Waals surface area contributed by atoms with Crippen LogP contribution < -0.4 is 5.32 Å². The number of nitrogens with one attached hydrogen (secondary N) is 1. The summed E-state index contributed by atoms with van der Waals surface area (Å²) < 4.78 is 5.47. The number of amides is 1. The molecule has 6 heteroatoms. The third-order valence-electron chi connectivity index (χ3n) is 14.2. The molecule has 0 saturated heterocycles. The molecule has 2 unspecified atom stereocenters. The predicted octanol–water partition coefficient (Wildman–Crippen LogP) is 19.0. The van der Waals surface area contributed by atoms with Crippen LogP contribution in [0.5, 0.6) is 0 Å². The molecule has 0 rings (SSSR count). The monoisotopic (exact) mass is 958 g/mol. The van der Waals surface area contributed by atoms with Crippen LogP contribution in [0.2, 0.25) is 0 Å². The van der Waals surface area contributed by atoms with Crippen molar-refractivity contribution in [2.75, 3.05) is 13.2 Å². The molecule has 3 N–H and O–H groups in total. The van der Waals surface area contributed by atoms with Crippen molar-refractivity contribution in [3.05, 3.63) is 24.3 Å². The molecular weight excluding hydrogens is 839 g/mol. The second-order valence-corrected chi connectivity index (χ2v) is 21.0. The highest BCUT2D eigenvalue weighted by Crippen LogP contribution is 2.17. The fourth-order valence-corrected chi connectivity index (χ4v) is 9.51. The molecule has 0 aromatic heterocycles. The van der Waals surface area contributed by atoms with Gasteiger partial charge in [-0.3, -0.25) is 9.59 Å². The van der Waals surface area contributed by atoms with Crippen LogP contribution in [0.4, 0.5) is 0 Å². The lowest BCUT2D eigenvalue weighted by molar-refractivity contribution is -0.143. The van der Waals surface area contributed by atoms with E-state index in [2.05, 4.69) is 43.5 Å². The zero-order valence-corrected chi connectivity index (χ0v) is 45.9. The molecule has 0 fully saturated rings. The van der Waals surface area contributed by atoms with E-state index in [0.717, 1.165) is 44.9 Å². The Hall–Kier alpha value is -1.66. The van der Waals surface area contributed by atoms with E-state index >= 15 is 0 Å². The summed E-state index contributed by atoms with van der Waals surface area (Å²) >= 11 is 0. The van der Waals surface area contributed by atoms with Gasteiger partial charge in [-0.05, 0) is 77.0 Å². The Balaban J connectivity index is 3.43. The number of allylic oxidation sites excluding steroid dienone is 4. The number of hydrogen-bond donors (Lipinski definition) is 3. The number of rotatable bonds is 57. The Morgan fingerprint density at radius 1 is 0.397 bits per heavy atom. The van der Waals surface area contributed by atoms with Gasteiger partial charge >= 0.3 is 5.97 Å². The van der Waals surface area contributed by atoms with Gasteiger partial charge in [0.05, 0.1) is 25.4 Å². The van der Waals surface area contributed by atoms with Gasteiger partial charge in [-0.2, -0.15) is 0 Å². The number of carbonyl (C=O) groups is 2. The van der Waals surface area contributed by atoms with Crippen molar-refractivity contribution in [2.45, 2.75) is 347 Å². The van der Waals surface area contributed by atoms with Crippen molar-refractivity contribution in [1.29, 1.82) is 0 Å². The van der Waals surface area contributed by atoms with E-state index in [0.29, 0.717) is 25.9 Å². The first-order valence-corrected chi connectivity index (χ1v) is 30.6. The summed E-state index contributed by atoms with van der Waals surface area (Å²) in [4.78, 5) is 24.5. The molecule has 0 spiro atoms. The normalized spacial score (nSPS) is 12.7. The zero-order chi connectivity index (χ0) is 49.3. The molecule has 6 nitrogen and oxygen atoms in total. The quantitative estimate of drug-likeness (QED) is 0.0321. The lowest BCUT2D eigenvalue weighted by atomic mass is 10.0. The van der Waals surface area contributed by atoms with Crippen molar-refractivity contribution in [1.82, 2.24) is 5.32 Å². The number of ether oxygens (including phenoxy) is 1. The summed E-state index contributed by atoms with van der Waals surface area (Å²) in [6.45, 7) is 4.95. The smallest absolute Gasteiger partial charge is 0.305 e. The second-order valence-electron chi connectivity index (χ2n) is 21.0. The average molecular weight is 959 g/mol. The molecule has 1 amide bonds. The van der Waals surface area contributed by atoms with E-state index < -0.39 is 12.1 Å². The van der Waals surface area contributed by atoms with Gasteiger partial charge in [-0.25, -0.2) is 0 Å². The predicted molar refractivity (Wildman–Crippen MR) is 296 cm³/mol. The van der Waals surface area contributed by atoms with Gasteiger partial charge in [0.25, 0.3) is 0 Å². The minimum Gasteiger partial charge on any atom is -0.466 e. The van der Waals surface area contributed by atoms with Crippen molar-refractivity contribution in [2.24, 2.45) is 0 Å². The number of unbranched alkanes of at least 4 members (excludes halogenated alkanes) is 42. The van der Waals surface area contributed by atoms with Crippen molar-refractivity contribution in [3.63, 3.8) is 0 Å². The summed E-state index contributed by atoms with van der Waals surface area (Å²) in [7, 11) is 0. The lowest BCUT2D eigenvalue weighted by Gasteiger charge is -2.22. The van der Waals surface area contributed by atoms with Crippen LogP contribution in [0.25, 0.3) is 0 Å². The standard InChI is InChI=1S/C62H119NO5/c1-3-5-7-9-11-13-15-17-19-24-27-30-34-38-42-46-50-54-60(65)59(58-64)63-61(66)55-51-47-43-39-35-31-28-25-22-20-21-23-26-29-33-37-41-45-49-53-57-68-62(67)56-52-48-44-40-36-32-18-16-14-12-10-8-6-4-2/h16,18,20,22,59-60,64-65H,3-15,17,19,21,23-58H2,1-2H3,(H,63,66)/b18-16-,22-20-. The molecule has 0 aliphatic heterocycles. The first-order chi connectivity index (χ1) is 33.5. The number of carbonyl (C=O) groups excluding carboxylic acids is 2. The molecule has 0 aliphatic carbocycles. The minimum absolute atomic E-state index is 0.00191. The Morgan fingerprint density at radius 2 is 0.691 bits per heavy atom. The summed E-state index contributed by atoms with van der Waals surface area (Å²) in [5.41, 5.74) is 0. The maximum absolute atomic E-state index is 12.5. The molecule has 0 radical (unpaired) electrons. The zero-order valence-electron chi connectivity index (χ0n) is 45.9. The van der Waals surface area contributed by atoms with Gasteiger partial charge in [-0.1, -0.05) is 269 Å². The molecule has 0 aliphatic rings. The SMILES string of the molecule is CCCCCCC/C=C\CCCCCCCC(=O)OCCCCCCCCCCC/C=C\CCCCCCCCCC(=O)NC(CO)C(O)CCCCCCCCCCCCCCCCCCC. The molecular formula is C62H119NO5. The van der Waals surface area contributed by atoms with E-state index in [-0.39, 0.29) is 18.5 Å². The number of hydrogen-bond acceptors (Lipinski definition) is 5. The van der Waals surface area contributed by atoms with Gasteiger partial charge in [0.15, 0.2) is 0 Å². The third-order valence-corrected chi connectivity index (χ3v) is 14.2. The van der Waals surface area contributed by atoms with Crippen molar-refractivity contribution in [3.8, 4) is 0 Å². The van der Waals surface area contributed by atoms with Crippen molar-refractivity contribution >= 4 is 11.9 Å². The molecule has 0 saturated carbocycles. The third kappa shape index (κ3) is 53.7. The molecule has 2 atom stereocenters. The van der Waals surface area contributed by atoms with E-state index in [9.17, 15) is 19.8 Å². The first kappa shape index (κ1) is 66.3. The fraction of sp³-hybridized carbons (Fsp3) is 0.903. The van der Waals surface area contributed by atoms with Crippen LogP contribution >= 0.6 is 0 Å². The Kier molecular flexibility index (Phi) is 56.5. The minimum atomic E-state index is -0.670. The average Bonchev–Trinajstić information content (AvgIpc) is 3.34. The first-order valence-electron chi connectivity index (χ1n) is 30.6. The van der Waals surface area contributed by atoms with E-state index in [1.807, 2.05) is 0 Å². The van der Waals surface area contributed by atoms with Crippen LogP contribution in [0.1, 0.15) is 335 Å². The Morgan fingerprint density at radius 3 is 1.04 bits per heavy atom. The highest BCUT2D eigenvalue weighted by atomic mass is 16.5. The topological polar surface area (TPSA) is 95.9 Å². The Labute approximate surface area is 424 Å². The molecule has 68 heavy (non-hydrogen) atoms. The fourth-order valence-electron chi connectivity index (χ4n) is 9.51. The van der Waals surface area contributed by atoms with E-state index in [4.69, 9.17) is 4.74 Å². The second kappa shape index (κ2) is 57.9. The van der Waals surface area contributed by atoms with Crippen LogP contribution in [0, 0.1) is 0 Å². The maximum atomic E-state index is 12.5. The van der Waals surface area contributed by atoms with Crippen LogP contribution in [0.15, 0.2) is 24.3 Å². The van der Waals surface area contributed by atoms with Gasteiger partial charge < -0.3 is 20.3 Å². The molecule has 0 aromatic carbocycles. The summed E-state index contributed by atoms with van der Waals surface area (Å²) in [5.74, 6) is -0.0434. The summed E-state index contributed by atoms with van der Waals surface area (Å²) in [5, 5.41) is 23.3. The van der Waals surface area contributed by atoms with Crippen LogP contribution in [-0.4, -0.2) is 47.4 Å². The molecule has 402 valence electrons. The number of aliphatic hydroxyl groups excluding tert-OH is 2. The van der Waals surface area contributed by atoms with Crippen LogP contribution in [0.3, 0.4) is 0 Å². The molecule has 0 aromatic rings. The maximum Gasteiger partial charge on any atom is 0.305 e. The van der Waals surface area contributed by atoms with E-state index in [1.54, 1.807) is 0 Å². The largest absolute Gasteiger partial charge is 0.466 e. The van der Waals surface area contributed by atoms with E-state index in [1.165, 1.54) is 257 Å². The molecule has 0 heterocycles. The molecule has 0 bridgehead atoms. The number of esters is 1. The van der Waals surface area contributed by atoms with Gasteiger partial charge in [0.1, 0.15) is 0 Å². The van der Waals surface area contributed by atoms with Gasteiger partial charge in [0, 0.05) is 12.8 Å². The Bertz CT molecular complexity index is 1060. The van der Waals surface area contributed by atoms with Crippen molar-refractivity contribution < 1.29 is 24.5 Å². The van der Waals surface area contributed by atoms with Gasteiger partial charge in [-0.15, -0.1) is 0 Å². The lowest BCUT2D eigenvalue weighted by Crippen LogP contribution is -2.45. The highest BCUT2D eigenvalue weighted by Gasteiger charge is 2.20. The summed E-state index contributed by atoms with van der Waals surface area (Å²) in [6.07, 6.45) is 70.3. The van der Waals surface area contributed by atoms with Crippen LogP contribution in [-0.2, 0) is 14.3 Å². The van der Waals surface area contributed by atoms with Gasteiger partial charge in [0.2, 0.25) is 5.91 Å². The number of aliphatic hydroxyl groups is 2.